The van der Waals surface area contributed by atoms with Crippen molar-refractivity contribution in [1.82, 2.24) is 14.8 Å². The number of hydrogen-bond donors (Lipinski definition) is 0. The van der Waals surface area contributed by atoms with Crippen LogP contribution in [0.5, 0.6) is 0 Å². The molecule has 2 amide bonds. The van der Waals surface area contributed by atoms with E-state index >= 15 is 0 Å². The van der Waals surface area contributed by atoms with Gasteiger partial charge in [0.15, 0.2) is 0 Å². The predicted molar refractivity (Wildman–Crippen MR) is 139 cm³/mol. The smallest absolute Gasteiger partial charge is 0.258 e. The average Bonchev–Trinajstić information content (AvgIpc) is 2.92. The van der Waals surface area contributed by atoms with Crippen LogP contribution in [0.2, 0.25) is 0 Å². The summed E-state index contributed by atoms with van der Waals surface area (Å²) in [6.45, 7) is 6.47. The van der Waals surface area contributed by atoms with E-state index in [0.717, 1.165) is 6.54 Å². The Morgan fingerprint density at radius 2 is 1.70 bits per heavy atom. The van der Waals surface area contributed by atoms with Gasteiger partial charge in [-0.05, 0) is 67.8 Å². The molecule has 194 valence electrons. The monoisotopic (exact) mass is 506 g/mol. The molecule has 2 heterocycles. The van der Waals surface area contributed by atoms with Crippen molar-refractivity contribution in [2.75, 3.05) is 31.1 Å². The molecule has 0 saturated carbocycles. The minimum atomic E-state index is -0.449. The minimum absolute atomic E-state index is 0.0986. The van der Waals surface area contributed by atoms with E-state index in [1.807, 2.05) is 0 Å². The molecule has 0 saturated heterocycles. The molecule has 0 atom stereocenters. The third-order valence-corrected chi connectivity index (χ3v) is 6.73. The zero-order chi connectivity index (χ0) is 26.4. The first kappa shape index (κ1) is 26.4. The van der Waals surface area contributed by atoms with Crippen LogP contribution in [0, 0.1) is 11.6 Å². The Labute approximate surface area is 216 Å². The van der Waals surface area contributed by atoms with Crippen molar-refractivity contribution in [3.8, 4) is 0 Å². The van der Waals surface area contributed by atoms with E-state index in [9.17, 15) is 18.4 Å². The molecule has 1 aliphatic rings. The van der Waals surface area contributed by atoms with Gasteiger partial charge < -0.3 is 9.80 Å². The first-order valence-corrected chi connectivity index (χ1v) is 12.6. The van der Waals surface area contributed by atoms with Gasteiger partial charge in [-0.15, -0.1) is 0 Å². The van der Waals surface area contributed by atoms with Crippen LogP contribution in [0.3, 0.4) is 0 Å². The average molecular weight is 507 g/mol. The van der Waals surface area contributed by atoms with Gasteiger partial charge in [0, 0.05) is 62.4 Å². The Morgan fingerprint density at radius 1 is 0.946 bits per heavy atom. The first-order valence-electron chi connectivity index (χ1n) is 12.6. The van der Waals surface area contributed by atoms with Gasteiger partial charge in [0.1, 0.15) is 11.6 Å². The second kappa shape index (κ2) is 12.1. The zero-order valence-corrected chi connectivity index (χ0v) is 21.2. The van der Waals surface area contributed by atoms with E-state index in [2.05, 4.69) is 23.7 Å². The Kier molecular flexibility index (Phi) is 8.61. The Hall–Kier alpha value is -3.65. The number of nitrogens with zero attached hydrogens (tertiary/aromatic N) is 4. The highest BCUT2D eigenvalue weighted by Gasteiger charge is 2.26. The maximum absolute atomic E-state index is 14.5. The second-order valence-corrected chi connectivity index (χ2v) is 9.53. The van der Waals surface area contributed by atoms with Crippen LogP contribution in [0.25, 0.3) is 0 Å². The topological polar surface area (TPSA) is 56.8 Å². The summed E-state index contributed by atoms with van der Waals surface area (Å²) >= 11 is 0. The second-order valence-electron chi connectivity index (χ2n) is 9.53. The molecule has 6 nitrogen and oxygen atoms in total. The van der Waals surface area contributed by atoms with Crippen molar-refractivity contribution in [1.29, 1.82) is 0 Å². The molecule has 0 aliphatic carbocycles. The number of aromatic nitrogens is 1. The van der Waals surface area contributed by atoms with Gasteiger partial charge in [-0.3, -0.25) is 19.5 Å². The maximum Gasteiger partial charge on any atom is 0.258 e. The SMILES string of the molecule is CC(C)N1CCCN(C(=O)c2ccncc2)c2ccc(F)cc2CN(C(=O)Cc2ccccc2F)CC1. The number of hydrogen-bond acceptors (Lipinski definition) is 4. The molecule has 0 fully saturated rings. The molecule has 1 aliphatic heterocycles. The highest BCUT2D eigenvalue weighted by Crippen LogP contribution is 2.27. The van der Waals surface area contributed by atoms with Gasteiger partial charge in [-0.1, -0.05) is 18.2 Å². The van der Waals surface area contributed by atoms with E-state index in [1.165, 1.54) is 18.2 Å². The lowest BCUT2D eigenvalue weighted by molar-refractivity contribution is -0.131. The summed E-state index contributed by atoms with van der Waals surface area (Å²) in [5.41, 5.74) is 1.89. The Balaban J connectivity index is 1.72. The molecule has 0 radical (unpaired) electrons. The zero-order valence-electron chi connectivity index (χ0n) is 21.2. The lowest BCUT2D eigenvalue weighted by Gasteiger charge is -2.30. The summed E-state index contributed by atoms with van der Waals surface area (Å²) in [5, 5.41) is 0. The number of rotatable bonds is 4. The summed E-state index contributed by atoms with van der Waals surface area (Å²) in [6, 6.07) is 14.1. The van der Waals surface area contributed by atoms with E-state index in [4.69, 9.17) is 0 Å². The Bertz CT molecular complexity index is 1240. The van der Waals surface area contributed by atoms with E-state index in [1.54, 1.807) is 58.6 Å². The molecular weight excluding hydrogens is 474 g/mol. The van der Waals surface area contributed by atoms with Gasteiger partial charge in [-0.25, -0.2) is 8.78 Å². The van der Waals surface area contributed by atoms with Gasteiger partial charge in [-0.2, -0.15) is 0 Å². The fourth-order valence-corrected chi connectivity index (χ4v) is 4.65. The highest BCUT2D eigenvalue weighted by molar-refractivity contribution is 6.06. The number of halogens is 2. The molecular formula is C29H32F2N4O2. The van der Waals surface area contributed by atoms with Crippen LogP contribution in [-0.4, -0.2) is 58.8 Å². The number of amides is 2. The summed E-state index contributed by atoms with van der Waals surface area (Å²) < 4.78 is 28.8. The molecule has 4 rings (SSSR count). The standard InChI is InChI=1S/C29H32F2N4O2/c1-21(2)33-14-5-15-35(29(37)22-10-12-32-13-11-22)27-9-8-25(30)18-24(27)20-34(17-16-33)28(36)19-23-6-3-4-7-26(23)31/h3-4,6-13,18,21H,5,14-17,19-20H2,1-2H3. The first-order chi connectivity index (χ1) is 17.8. The third-order valence-electron chi connectivity index (χ3n) is 6.73. The molecule has 0 spiro atoms. The highest BCUT2D eigenvalue weighted by atomic mass is 19.1. The lowest BCUT2D eigenvalue weighted by atomic mass is 10.1. The van der Waals surface area contributed by atoms with Crippen molar-refractivity contribution >= 4 is 17.5 Å². The predicted octanol–water partition coefficient (Wildman–Crippen LogP) is 4.69. The van der Waals surface area contributed by atoms with Crippen molar-refractivity contribution in [2.24, 2.45) is 0 Å². The fraction of sp³-hybridized carbons (Fsp3) is 0.345. The molecule has 0 N–H and O–H groups in total. The van der Waals surface area contributed by atoms with E-state index in [-0.39, 0.29) is 30.8 Å². The quantitative estimate of drug-likeness (QED) is 0.515. The molecule has 2 aromatic carbocycles. The minimum Gasteiger partial charge on any atom is -0.337 e. The molecule has 37 heavy (non-hydrogen) atoms. The molecule has 8 heteroatoms. The summed E-state index contributed by atoms with van der Waals surface area (Å²) in [5.74, 6) is -1.35. The molecule has 3 aromatic rings. The molecule has 0 bridgehead atoms. The van der Waals surface area contributed by atoms with Gasteiger partial charge in [0.2, 0.25) is 5.91 Å². The molecule has 1 aromatic heterocycles. The van der Waals surface area contributed by atoms with Crippen molar-refractivity contribution < 1.29 is 18.4 Å². The van der Waals surface area contributed by atoms with Crippen molar-refractivity contribution in [2.45, 2.75) is 39.3 Å². The van der Waals surface area contributed by atoms with Crippen LogP contribution < -0.4 is 4.90 Å². The fourth-order valence-electron chi connectivity index (χ4n) is 4.65. The van der Waals surface area contributed by atoms with Gasteiger partial charge in [0.05, 0.1) is 6.42 Å². The van der Waals surface area contributed by atoms with Crippen LogP contribution in [0.1, 0.15) is 41.8 Å². The van der Waals surface area contributed by atoms with Crippen LogP contribution >= 0.6 is 0 Å². The summed E-state index contributed by atoms with van der Waals surface area (Å²) in [6.07, 6.45) is 3.73. The summed E-state index contributed by atoms with van der Waals surface area (Å²) in [7, 11) is 0. The number of pyridine rings is 1. The number of carbonyl (C=O) groups is 2. The van der Waals surface area contributed by atoms with E-state index in [0.29, 0.717) is 48.4 Å². The van der Waals surface area contributed by atoms with Crippen LogP contribution in [0.4, 0.5) is 14.5 Å². The maximum atomic E-state index is 14.5. The largest absolute Gasteiger partial charge is 0.337 e. The van der Waals surface area contributed by atoms with Gasteiger partial charge in [0.25, 0.3) is 5.91 Å². The molecule has 0 unspecified atom stereocenters. The Morgan fingerprint density at radius 3 is 2.43 bits per heavy atom. The van der Waals surface area contributed by atoms with Crippen LogP contribution in [0.15, 0.2) is 67.0 Å². The van der Waals surface area contributed by atoms with Crippen LogP contribution in [-0.2, 0) is 17.8 Å². The number of anilines is 1. The number of benzene rings is 2. The normalized spacial score (nSPS) is 15.3. The van der Waals surface area contributed by atoms with Crippen molar-refractivity contribution in [3.05, 3.63) is 95.3 Å². The number of carbonyl (C=O) groups excluding carboxylic acids is 2. The van der Waals surface area contributed by atoms with Crippen molar-refractivity contribution in [3.63, 3.8) is 0 Å². The number of fused-ring (bicyclic) bond motifs is 1. The lowest BCUT2D eigenvalue weighted by Crippen LogP contribution is -2.42. The third kappa shape index (κ3) is 6.57. The summed E-state index contributed by atoms with van der Waals surface area (Å²) in [4.78, 5) is 36.6. The van der Waals surface area contributed by atoms with E-state index < -0.39 is 11.6 Å². The van der Waals surface area contributed by atoms with Gasteiger partial charge >= 0.3 is 0 Å².